The molecule has 0 bridgehead atoms. The summed E-state index contributed by atoms with van der Waals surface area (Å²) in [7, 11) is 0. The maximum Gasteiger partial charge on any atom is 0.227 e. The van der Waals surface area contributed by atoms with Crippen LogP contribution < -0.4 is 16.0 Å². The van der Waals surface area contributed by atoms with Crippen LogP contribution in [0.25, 0.3) is 0 Å². The number of nitrogens with zero attached hydrogens (tertiary/aromatic N) is 2. The minimum atomic E-state index is 0. The first-order valence-corrected chi connectivity index (χ1v) is 10.7. The zero-order valence-electron chi connectivity index (χ0n) is 17.6. The number of hydrogen-bond acceptors (Lipinski definition) is 4. The van der Waals surface area contributed by atoms with Gasteiger partial charge < -0.3 is 16.0 Å². The van der Waals surface area contributed by atoms with Gasteiger partial charge in [0.2, 0.25) is 5.91 Å². The third-order valence-corrected chi connectivity index (χ3v) is 5.29. The average molecular weight is 529 g/mol. The number of rotatable bonds is 9. The first kappa shape index (κ1) is 25.4. The van der Waals surface area contributed by atoms with Crippen molar-refractivity contribution in [2.24, 2.45) is 10.9 Å². The molecule has 1 unspecified atom stereocenters. The Labute approximate surface area is 195 Å². The second kappa shape index (κ2) is 13.5. The van der Waals surface area contributed by atoms with Crippen LogP contribution in [-0.4, -0.2) is 29.9 Å². The van der Waals surface area contributed by atoms with Gasteiger partial charge in [0.05, 0.1) is 11.6 Å². The number of aliphatic imine (C=N–C) groups is 1. The number of aromatic nitrogens is 1. The zero-order valence-corrected chi connectivity index (χ0v) is 20.8. The van der Waals surface area contributed by atoms with Gasteiger partial charge in [-0.1, -0.05) is 26.0 Å². The van der Waals surface area contributed by atoms with Crippen molar-refractivity contribution in [3.8, 4) is 0 Å². The molecule has 2 rings (SSSR count). The van der Waals surface area contributed by atoms with Crippen molar-refractivity contribution in [2.45, 2.75) is 47.1 Å². The molecule has 160 valence electrons. The van der Waals surface area contributed by atoms with E-state index >= 15 is 0 Å². The molecule has 0 aliphatic rings. The van der Waals surface area contributed by atoms with E-state index in [0.29, 0.717) is 6.54 Å². The highest BCUT2D eigenvalue weighted by molar-refractivity contribution is 14.0. The second-order valence-electron chi connectivity index (χ2n) is 6.74. The number of carbonyl (C=O) groups is 1. The van der Waals surface area contributed by atoms with Gasteiger partial charge in [-0.3, -0.25) is 4.79 Å². The van der Waals surface area contributed by atoms with E-state index in [1.165, 1.54) is 4.88 Å². The lowest BCUT2D eigenvalue weighted by Crippen LogP contribution is -2.38. The van der Waals surface area contributed by atoms with Gasteiger partial charge in [-0.25, -0.2) is 9.98 Å². The van der Waals surface area contributed by atoms with E-state index < -0.39 is 0 Å². The molecule has 0 saturated carbocycles. The number of halogens is 1. The maximum absolute atomic E-state index is 12.1. The molecule has 1 heterocycles. The quantitative estimate of drug-likeness (QED) is 0.257. The number of hydrogen-bond donors (Lipinski definition) is 3. The highest BCUT2D eigenvalue weighted by Gasteiger charge is 2.10. The van der Waals surface area contributed by atoms with Gasteiger partial charge in [0.15, 0.2) is 5.96 Å². The Hall–Kier alpha value is -1.68. The van der Waals surface area contributed by atoms with Crippen LogP contribution in [-0.2, 0) is 17.8 Å². The molecule has 0 aliphatic carbocycles. The van der Waals surface area contributed by atoms with Gasteiger partial charge in [0.1, 0.15) is 0 Å². The van der Waals surface area contributed by atoms with Crippen LogP contribution in [0.4, 0.5) is 5.69 Å². The predicted octanol–water partition coefficient (Wildman–Crippen LogP) is 4.35. The van der Waals surface area contributed by atoms with Crippen LogP contribution in [0.5, 0.6) is 0 Å². The van der Waals surface area contributed by atoms with Crippen LogP contribution in [0.2, 0.25) is 0 Å². The molecule has 0 aliphatic heterocycles. The highest BCUT2D eigenvalue weighted by Crippen LogP contribution is 2.14. The summed E-state index contributed by atoms with van der Waals surface area (Å²) in [6.45, 7) is 10.2. The SMILES string of the molecule is CCNC(=NCc1cccc(NC(=O)C(C)CC)c1)NCCc1ncc(C)s1.I. The predicted molar refractivity (Wildman–Crippen MR) is 133 cm³/mol. The summed E-state index contributed by atoms with van der Waals surface area (Å²) in [5, 5.41) is 10.7. The first-order valence-electron chi connectivity index (χ1n) is 9.85. The van der Waals surface area contributed by atoms with E-state index in [1.807, 2.05) is 51.2 Å². The summed E-state index contributed by atoms with van der Waals surface area (Å²) >= 11 is 1.73. The Morgan fingerprint density at radius 2 is 2.07 bits per heavy atom. The van der Waals surface area contributed by atoms with E-state index in [2.05, 4.69) is 32.9 Å². The molecular weight excluding hydrogens is 497 g/mol. The number of aryl methyl sites for hydroxylation is 1. The second-order valence-corrected chi connectivity index (χ2v) is 8.05. The van der Waals surface area contributed by atoms with Gasteiger partial charge in [-0.05, 0) is 38.0 Å². The fourth-order valence-corrected chi connectivity index (χ4v) is 3.30. The number of amides is 1. The van der Waals surface area contributed by atoms with Crippen LogP contribution in [0.3, 0.4) is 0 Å². The number of benzene rings is 1. The van der Waals surface area contributed by atoms with Crippen molar-refractivity contribution in [3.05, 3.63) is 45.9 Å². The summed E-state index contributed by atoms with van der Waals surface area (Å²) in [5.41, 5.74) is 1.87. The lowest BCUT2D eigenvalue weighted by molar-refractivity contribution is -0.119. The van der Waals surface area contributed by atoms with E-state index in [-0.39, 0.29) is 35.8 Å². The van der Waals surface area contributed by atoms with Crippen LogP contribution in [0, 0.1) is 12.8 Å². The Kier molecular flexibility index (Phi) is 11.8. The lowest BCUT2D eigenvalue weighted by atomic mass is 10.1. The van der Waals surface area contributed by atoms with Gasteiger partial charge >= 0.3 is 0 Å². The molecule has 0 radical (unpaired) electrons. The van der Waals surface area contributed by atoms with E-state index in [1.54, 1.807) is 11.3 Å². The molecular formula is C21H32IN5OS. The third kappa shape index (κ3) is 9.12. The Bertz CT molecular complexity index is 793. The van der Waals surface area contributed by atoms with Gasteiger partial charge in [-0.2, -0.15) is 0 Å². The molecule has 1 aromatic heterocycles. The zero-order chi connectivity index (χ0) is 20.4. The molecule has 29 heavy (non-hydrogen) atoms. The third-order valence-electron chi connectivity index (χ3n) is 4.32. The van der Waals surface area contributed by atoms with E-state index in [9.17, 15) is 4.79 Å². The van der Waals surface area contributed by atoms with E-state index in [4.69, 9.17) is 0 Å². The largest absolute Gasteiger partial charge is 0.357 e. The topological polar surface area (TPSA) is 78.4 Å². The normalized spacial score (nSPS) is 12.1. The van der Waals surface area contributed by atoms with Gasteiger partial charge in [-0.15, -0.1) is 35.3 Å². The van der Waals surface area contributed by atoms with Crippen molar-refractivity contribution in [3.63, 3.8) is 0 Å². The van der Waals surface area contributed by atoms with Crippen LogP contribution in [0.15, 0.2) is 35.5 Å². The molecule has 3 N–H and O–H groups in total. The molecule has 1 atom stereocenters. The number of carbonyl (C=O) groups excluding carboxylic acids is 1. The van der Waals surface area contributed by atoms with Crippen molar-refractivity contribution in [2.75, 3.05) is 18.4 Å². The number of nitrogens with one attached hydrogen (secondary N) is 3. The fourth-order valence-electron chi connectivity index (χ4n) is 2.52. The van der Waals surface area contributed by atoms with Gasteiger partial charge in [0.25, 0.3) is 0 Å². The fraction of sp³-hybridized carbons (Fsp3) is 0.476. The number of anilines is 1. The standard InChI is InChI=1S/C21H31N5OS.HI/c1-5-15(3)20(27)26-18-9-7-8-17(12-18)14-25-21(22-6-2)23-11-10-19-24-13-16(4)28-19;/h7-9,12-13,15H,5-6,10-11,14H2,1-4H3,(H,26,27)(H2,22,23,25);1H. The van der Waals surface area contributed by atoms with Crippen molar-refractivity contribution in [1.29, 1.82) is 0 Å². The van der Waals surface area contributed by atoms with Crippen molar-refractivity contribution < 1.29 is 4.79 Å². The molecule has 6 nitrogen and oxygen atoms in total. The number of thiazole rings is 1. The van der Waals surface area contributed by atoms with E-state index in [0.717, 1.165) is 48.1 Å². The molecule has 0 fully saturated rings. The summed E-state index contributed by atoms with van der Waals surface area (Å²) in [6.07, 6.45) is 3.61. The highest BCUT2D eigenvalue weighted by atomic mass is 127. The molecule has 8 heteroatoms. The summed E-state index contributed by atoms with van der Waals surface area (Å²) in [6, 6.07) is 7.85. The Balaban J connectivity index is 0.00000420. The number of guanidine groups is 1. The monoisotopic (exact) mass is 529 g/mol. The Morgan fingerprint density at radius 3 is 2.72 bits per heavy atom. The maximum atomic E-state index is 12.1. The van der Waals surface area contributed by atoms with Crippen molar-refractivity contribution >= 4 is 52.9 Å². The molecule has 0 spiro atoms. The molecule has 0 saturated heterocycles. The molecule has 2 aromatic rings. The Morgan fingerprint density at radius 1 is 1.28 bits per heavy atom. The molecule has 1 aromatic carbocycles. The van der Waals surface area contributed by atoms with Gasteiger partial charge in [0, 0.05) is 42.2 Å². The summed E-state index contributed by atoms with van der Waals surface area (Å²) in [5.74, 6) is 0.841. The summed E-state index contributed by atoms with van der Waals surface area (Å²) < 4.78 is 0. The minimum Gasteiger partial charge on any atom is -0.357 e. The first-order chi connectivity index (χ1) is 13.5. The summed E-state index contributed by atoms with van der Waals surface area (Å²) in [4.78, 5) is 22.4. The van der Waals surface area contributed by atoms with Crippen LogP contribution >= 0.6 is 35.3 Å². The lowest BCUT2D eigenvalue weighted by Gasteiger charge is -2.12. The smallest absolute Gasteiger partial charge is 0.227 e. The van der Waals surface area contributed by atoms with Crippen LogP contribution in [0.1, 0.15) is 42.6 Å². The molecule has 1 amide bonds. The average Bonchev–Trinajstić information content (AvgIpc) is 3.10. The minimum absolute atomic E-state index is 0. The van der Waals surface area contributed by atoms with Crippen molar-refractivity contribution in [1.82, 2.24) is 15.6 Å².